The second-order valence-corrected chi connectivity index (χ2v) is 6.55. The van der Waals surface area contributed by atoms with Gasteiger partial charge in [-0.1, -0.05) is 24.3 Å². The third kappa shape index (κ3) is 3.44. The average Bonchev–Trinajstić information content (AvgIpc) is 2.59. The van der Waals surface area contributed by atoms with Crippen molar-refractivity contribution in [1.82, 2.24) is 0 Å². The number of methoxy groups -OCH3 is 1. The molecule has 7 nitrogen and oxygen atoms in total. The number of benzene rings is 3. The Labute approximate surface area is 144 Å². The molecule has 0 heterocycles. The van der Waals surface area contributed by atoms with E-state index in [1.165, 1.54) is 37.4 Å². The summed E-state index contributed by atoms with van der Waals surface area (Å²) in [6, 6.07) is 14.0. The van der Waals surface area contributed by atoms with Gasteiger partial charge in [-0.25, -0.2) is 0 Å². The fourth-order valence-corrected chi connectivity index (χ4v) is 3.16. The van der Waals surface area contributed by atoms with Crippen LogP contribution in [0.2, 0.25) is 0 Å². The summed E-state index contributed by atoms with van der Waals surface area (Å²) in [4.78, 5) is -0.233. The summed E-state index contributed by atoms with van der Waals surface area (Å²) in [5.74, 6) is 0.216. The Morgan fingerprint density at radius 2 is 1.72 bits per heavy atom. The molecule has 3 aromatic carbocycles. The van der Waals surface area contributed by atoms with Gasteiger partial charge in [0.05, 0.1) is 18.5 Å². The number of azo groups is 1. The third-order valence-electron chi connectivity index (χ3n) is 3.56. The third-order valence-corrected chi connectivity index (χ3v) is 4.45. The highest BCUT2D eigenvalue weighted by atomic mass is 32.2. The van der Waals surface area contributed by atoms with E-state index in [9.17, 15) is 18.1 Å². The molecule has 0 fully saturated rings. The van der Waals surface area contributed by atoms with Gasteiger partial charge in [-0.15, -0.1) is 5.11 Å². The number of hydrogen-bond acceptors (Lipinski definition) is 6. The quantitative estimate of drug-likeness (QED) is 0.536. The van der Waals surface area contributed by atoms with Gasteiger partial charge < -0.3 is 9.84 Å². The van der Waals surface area contributed by atoms with Crippen molar-refractivity contribution >= 4 is 32.3 Å². The van der Waals surface area contributed by atoms with Crippen molar-refractivity contribution in [3.63, 3.8) is 0 Å². The van der Waals surface area contributed by atoms with Crippen molar-refractivity contribution in [1.29, 1.82) is 0 Å². The molecular weight excluding hydrogens is 344 g/mol. The van der Waals surface area contributed by atoms with Gasteiger partial charge in [-0.3, -0.25) is 4.55 Å². The van der Waals surface area contributed by atoms with Crippen LogP contribution in [-0.4, -0.2) is 25.2 Å². The zero-order valence-electron chi connectivity index (χ0n) is 13.1. The van der Waals surface area contributed by atoms with Gasteiger partial charge in [0.2, 0.25) is 0 Å². The van der Waals surface area contributed by atoms with Gasteiger partial charge in [0.25, 0.3) is 10.1 Å². The Morgan fingerprint density at radius 1 is 1.00 bits per heavy atom. The van der Waals surface area contributed by atoms with E-state index in [1.807, 2.05) is 0 Å². The lowest BCUT2D eigenvalue weighted by atomic mass is 10.1. The molecule has 0 spiro atoms. The topological polar surface area (TPSA) is 109 Å². The summed E-state index contributed by atoms with van der Waals surface area (Å²) in [5, 5.41) is 18.6. The summed E-state index contributed by atoms with van der Waals surface area (Å²) in [6.45, 7) is 0. The lowest BCUT2D eigenvalue weighted by molar-refractivity contribution is 0.373. The summed E-state index contributed by atoms with van der Waals surface area (Å²) in [7, 11) is -2.99. The SMILES string of the molecule is COc1cc(N=Nc2cccc3cccc(S(=O)(=O)O)c23)ccc1O. The largest absolute Gasteiger partial charge is 0.504 e. The molecule has 25 heavy (non-hydrogen) atoms. The number of phenols is 1. The van der Waals surface area contributed by atoms with Crippen LogP contribution in [-0.2, 0) is 10.1 Å². The molecular formula is C17H14N2O5S. The van der Waals surface area contributed by atoms with Crippen LogP contribution in [0.4, 0.5) is 11.4 Å². The van der Waals surface area contributed by atoms with Crippen LogP contribution >= 0.6 is 0 Å². The van der Waals surface area contributed by atoms with Gasteiger partial charge in [0.1, 0.15) is 4.90 Å². The second kappa shape index (κ2) is 6.50. The predicted octanol–water partition coefficient (Wildman–Crippen LogP) is 4.22. The van der Waals surface area contributed by atoms with Crippen LogP contribution in [0.15, 0.2) is 69.7 Å². The van der Waals surface area contributed by atoms with E-state index in [0.29, 0.717) is 11.1 Å². The highest BCUT2D eigenvalue weighted by molar-refractivity contribution is 7.86. The molecule has 0 unspecified atom stereocenters. The Morgan fingerprint density at radius 3 is 2.40 bits per heavy atom. The van der Waals surface area contributed by atoms with Crippen molar-refractivity contribution in [2.24, 2.45) is 10.2 Å². The zero-order chi connectivity index (χ0) is 18.0. The predicted molar refractivity (Wildman–Crippen MR) is 92.6 cm³/mol. The molecule has 128 valence electrons. The number of hydrogen-bond donors (Lipinski definition) is 2. The Balaban J connectivity index is 2.13. The maximum absolute atomic E-state index is 11.6. The van der Waals surface area contributed by atoms with Crippen LogP contribution in [0.1, 0.15) is 0 Å². The van der Waals surface area contributed by atoms with Crippen LogP contribution < -0.4 is 4.74 Å². The number of phenolic OH excluding ortho intramolecular Hbond substituents is 1. The smallest absolute Gasteiger partial charge is 0.295 e. The van der Waals surface area contributed by atoms with E-state index in [-0.39, 0.29) is 27.5 Å². The molecule has 0 amide bonds. The maximum Gasteiger partial charge on any atom is 0.295 e. The molecule has 0 radical (unpaired) electrons. The normalized spacial score (nSPS) is 11.9. The fraction of sp³-hybridized carbons (Fsp3) is 0.0588. The van der Waals surface area contributed by atoms with E-state index >= 15 is 0 Å². The molecule has 0 aliphatic carbocycles. The molecule has 8 heteroatoms. The highest BCUT2D eigenvalue weighted by Crippen LogP contribution is 2.34. The van der Waals surface area contributed by atoms with Crippen LogP contribution in [0.25, 0.3) is 10.8 Å². The monoisotopic (exact) mass is 358 g/mol. The fourth-order valence-electron chi connectivity index (χ4n) is 2.43. The van der Waals surface area contributed by atoms with Crippen LogP contribution in [0, 0.1) is 0 Å². The number of rotatable bonds is 4. The van der Waals surface area contributed by atoms with Crippen molar-refractivity contribution in [3.8, 4) is 11.5 Å². The van der Waals surface area contributed by atoms with Crippen molar-refractivity contribution < 1.29 is 22.8 Å². The number of ether oxygens (including phenoxy) is 1. The number of aromatic hydroxyl groups is 1. The number of fused-ring (bicyclic) bond motifs is 1. The molecule has 0 saturated carbocycles. The lowest BCUT2D eigenvalue weighted by Gasteiger charge is -2.06. The van der Waals surface area contributed by atoms with Gasteiger partial charge in [0.15, 0.2) is 11.5 Å². The molecule has 0 aliphatic heterocycles. The molecule has 0 saturated heterocycles. The molecule has 0 aromatic heterocycles. The second-order valence-electron chi connectivity index (χ2n) is 5.16. The molecule has 0 atom stereocenters. The summed E-state index contributed by atoms with van der Waals surface area (Å²) >= 11 is 0. The first-order valence-corrected chi connectivity index (χ1v) is 8.62. The van der Waals surface area contributed by atoms with Crippen molar-refractivity contribution in [2.75, 3.05) is 7.11 Å². The Hall–Kier alpha value is -2.97. The van der Waals surface area contributed by atoms with E-state index in [2.05, 4.69) is 10.2 Å². The minimum absolute atomic E-state index is 0.0275. The minimum atomic E-state index is -4.41. The average molecular weight is 358 g/mol. The van der Waals surface area contributed by atoms with E-state index in [1.54, 1.807) is 24.3 Å². The molecule has 3 aromatic rings. The van der Waals surface area contributed by atoms with E-state index < -0.39 is 10.1 Å². The van der Waals surface area contributed by atoms with E-state index in [0.717, 1.165) is 0 Å². The minimum Gasteiger partial charge on any atom is -0.504 e. The Kier molecular flexibility index (Phi) is 4.39. The standard InChI is InChI=1S/C17H14N2O5S/c1-24-15-10-12(8-9-14(15)20)18-19-13-6-2-4-11-5-3-7-16(17(11)13)25(21,22)23/h2-10,20H,1H3,(H,21,22,23). The van der Waals surface area contributed by atoms with Crippen molar-refractivity contribution in [2.45, 2.75) is 4.90 Å². The zero-order valence-corrected chi connectivity index (χ0v) is 13.9. The molecule has 2 N–H and O–H groups in total. The van der Waals surface area contributed by atoms with Crippen molar-refractivity contribution in [3.05, 3.63) is 54.6 Å². The number of nitrogens with zero attached hydrogens (tertiary/aromatic N) is 2. The van der Waals surface area contributed by atoms with Gasteiger partial charge in [0, 0.05) is 11.5 Å². The Bertz CT molecular complexity index is 1070. The van der Waals surface area contributed by atoms with Gasteiger partial charge in [-0.2, -0.15) is 13.5 Å². The highest BCUT2D eigenvalue weighted by Gasteiger charge is 2.16. The van der Waals surface area contributed by atoms with Gasteiger partial charge >= 0.3 is 0 Å². The van der Waals surface area contributed by atoms with Crippen LogP contribution in [0.3, 0.4) is 0 Å². The summed E-state index contributed by atoms with van der Waals surface area (Å²) in [6.07, 6.45) is 0. The first kappa shape index (κ1) is 16.9. The van der Waals surface area contributed by atoms with Crippen LogP contribution in [0.5, 0.6) is 11.5 Å². The van der Waals surface area contributed by atoms with E-state index in [4.69, 9.17) is 4.74 Å². The molecule has 0 aliphatic rings. The first-order chi connectivity index (χ1) is 11.9. The van der Waals surface area contributed by atoms with Gasteiger partial charge in [-0.05, 0) is 29.7 Å². The lowest BCUT2D eigenvalue weighted by Crippen LogP contribution is -1.98. The first-order valence-electron chi connectivity index (χ1n) is 7.18. The summed E-state index contributed by atoms with van der Waals surface area (Å²) in [5.41, 5.74) is 0.703. The summed E-state index contributed by atoms with van der Waals surface area (Å²) < 4.78 is 37.7. The molecule has 3 rings (SSSR count). The molecule has 0 bridgehead atoms. The maximum atomic E-state index is 11.6.